The molecule has 0 aliphatic carbocycles. The fraction of sp³-hybridized carbons (Fsp3) is 0.462. The van der Waals surface area contributed by atoms with Gasteiger partial charge in [-0.1, -0.05) is 0 Å². The molecule has 0 aromatic heterocycles. The van der Waals surface area contributed by atoms with Crippen LogP contribution in [0.5, 0.6) is 5.75 Å². The molecule has 102 valence electrons. The molecular formula is C13H17N3O3. The summed E-state index contributed by atoms with van der Waals surface area (Å²) < 4.78 is 5.10. The number of ether oxygens (including phenoxy) is 1. The molecule has 6 heteroatoms. The molecule has 6 nitrogen and oxygen atoms in total. The summed E-state index contributed by atoms with van der Waals surface area (Å²) in [5.41, 5.74) is 0.502. The van der Waals surface area contributed by atoms with Gasteiger partial charge in [0.15, 0.2) is 0 Å². The lowest BCUT2D eigenvalue weighted by molar-refractivity contribution is -0.384. The molecule has 0 fully saturated rings. The molecule has 0 saturated heterocycles. The lowest BCUT2D eigenvalue weighted by atomic mass is 10.1. The Morgan fingerprint density at radius 2 is 2.26 bits per heavy atom. The molecular weight excluding hydrogens is 246 g/mol. The van der Waals surface area contributed by atoms with Crippen molar-refractivity contribution >= 4 is 11.4 Å². The van der Waals surface area contributed by atoms with Crippen molar-refractivity contribution in [2.45, 2.75) is 13.8 Å². The summed E-state index contributed by atoms with van der Waals surface area (Å²) in [5, 5.41) is 19.9. The molecule has 19 heavy (non-hydrogen) atoms. The number of rotatable bonds is 6. The van der Waals surface area contributed by atoms with Gasteiger partial charge in [0.25, 0.3) is 5.69 Å². The zero-order chi connectivity index (χ0) is 14.4. The highest BCUT2D eigenvalue weighted by molar-refractivity contribution is 5.66. The minimum atomic E-state index is -0.422. The molecule has 1 rings (SSSR count). The van der Waals surface area contributed by atoms with Crippen molar-refractivity contribution in [3.05, 3.63) is 28.3 Å². The molecule has 0 amide bonds. The number of nitro benzene ring substituents is 1. The van der Waals surface area contributed by atoms with Crippen molar-refractivity contribution in [2.75, 3.05) is 25.1 Å². The Kier molecular flexibility index (Phi) is 5.12. The zero-order valence-electron chi connectivity index (χ0n) is 11.3. The third kappa shape index (κ3) is 3.58. The number of nitro groups is 1. The van der Waals surface area contributed by atoms with Gasteiger partial charge in [0.2, 0.25) is 0 Å². The summed E-state index contributed by atoms with van der Waals surface area (Å²) in [4.78, 5) is 12.5. The molecule has 0 N–H and O–H groups in total. The highest BCUT2D eigenvalue weighted by atomic mass is 16.6. The smallest absolute Gasteiger partial charge is 0.292 e. The van der Waals surface area contributed by atoms with E-state index in [2.05, 4.69) is 6.07 Å². The molecule has 0 aliphatic rings. The molecule has 0 radical (unpaired) electrons. The van der Waals surface area contributed by atoms with E-state index in [0.717, 1.165) is 0 Å². The van der Waals surface area contributed by atoms with E-state index in [9.17, 15) is 10.1 Å². The number of hydrogen-bond acceptors (Lipinski definition) is 5. The summed E-state index contributed by atoms with van der Waals surface area (Å²) >= 11 is 0. The Balaban J connectivity index is 3.19. The Morgan fingerprint density at radius 1 is 1.58 bits per heavy atom. The fourth-order valence-electron chi connectivity index (χ4n) is 1.81. The standard InChI is InChI=1S/C13H17N3O3/c1-4-15(9-10(2)8-14)13-7-11(19-3)5-6-12(13)16(17)18/h5-7,10H,4,9H2,1-3H3. The average Bonchev–Trinajstić information content (AvgIpc) is 2.43. The molecule has 0 aliphatic heterocycles. The van der Waals surface area contributed by atoms with E-state index in [1.165, 1.54) is 13.2 Å². The number of nitrogens with zero attached hydrogens (tertiary/aromatic N) is 3. The van der Waals surface area contributed by atoms with Crippen molar-refractivity contribution in [2.24, 2.45) is 5.92 Å². The fourth-order valence-corrected chi connectivity index (χ4v) is 1.81. The van der Waals surface area contributed by atoms with Gasteiger partial charge in [0.1, 0.15) is 11.4 Å². The second-order valence-corrected chi connectivity index (χ2v) is 4.18. The van der Waals surface area contributed by atoms with Crippen LogP contribution in [0.1, 0.15) is 13.8 Å². The highest BCUT2D eigenvalue weighted by Gasteiger charge is 2.20. The molecule has 0 heterocycles. The van der Waals surface area contributed by atoms with Crippen LogP contribution in [0.2, 0.25) is 0 Å². The summed E-state index contributed by atoms with van der Waals surface area (Å²) in [5.74, 6) is 0.356. The Labute approximate surface area is 112 Å². The van der Waals surface area contributed by atoms with Gasteiger partial charge in [-0.05, 0) is 19.9 Å². The van der Waals surface area contributed by atoms with Crippen molar-refractivity contribution in [1.29, 1.82) is 5.26 Å². The van der Waals surface area contributed by atoms with Gasteiger partial charge in [0.05, 0.1) is 24.0 Å². The molecule has 1 aromatic carbocycles. The normalized spacial score (nSPS) is 11.5. The van der Waals surface area contributed by atoms with Crippen molar-refractivity contribution in [1.82, 2.24) is 0 Å². The van der Waals surface area contributed by atoms with Gasteiger partial charge in [-0.25, -0.2) is 0 Å². The first-order valence-corrected chi connectivity index (χ1v) is 6.00. The van der Waals surface area contributed by atoms with Crippen LogP contribution in [-0.2, 0) is 0 Å². The first kappa shape index (κ1) is 14.8. The second-order valence-electron chi connectivity index (χ2n) is 4.18. The Hall–Kier alpha value is -2.29. The van der Waals surface area contributed by atoms with Gasteiger partial charge in [-0.3, -0.25) is 10.1 Å². The van der Waals surface area contributed by atoms with Gasteiger partial charge < -0.3 is 9.64 Å². The van der Waals surface area contributed by atoms with Crippen LogP contribution in [0, 0.1) is 27.4 Å². The largest absolute Gasteiger partial charge is 0.497 e. The van der Waals surface area contributed by atoms with Crippen LogP contribution in [-0.4, -0.2) is 25.1 Å². The van der Waals surface area contributed by atoms with E-state index < -0.39 is 4.92 Å². The summed E-state index contributed by atoms with van der Waals surface area (Å²) in [6, 6.07) is 6.75. The quantitative estimate of drug-likeness (QED) is 0.582. The predicted octanol–water partition coefficient (Wildman–Crippen LogP) is 2.59. The maximum absolute atomic E-state index is 11.1. The molecule has 1 aromatic rings. The van der Waals surface area contributed by atoms with Crippen LogP contribution in [0.15, 0.2) is 18.2 Å². The molecule has 1 atom stereocenters. The van der Waals surface area contributed by atoms with E-state index in [1.54, 1.807) is 19.1 Å². The number of methoxy groups -OCH3 is 1. The summed E-state index contributed by atoms with van der Waals surface area (Å²) in [6.45, 7) is 4.71. The number of anilines is 1. The molecule has 1 unspecified atom stereocenters. The van der Waals surface area contributed by atoms with Crippen molar-refractivity contribution in [3.63, 3.8) is 0 Å². The van der Waals surface area contributed by atoms with E-state index >= 15 is 0 Å². The second kappa shape index (κ2) is 6.59. The molecule has 0 spiro atoms. The SMILES string of the molecule is CCN(CC(C)C#N)c1cc(OC)ccc1[N+](=O)[O-]. The highest BCUT2D eigenvalue weighted by Crippen LogP contribution is 2.32. The lowest BCUT2D eigenvalue weighted by Crippen LogP contribution is -2.28. The monoisotopic (exact) mass is 263 g/mol. The Morgan fingerprint density at radius 3 is 2.74 bits per heavy atom. The minimum absolute atomic E-state index is 0.0211. The van der Waals surface area contributed by atoms with Crippen LogP contribution < -0.4 is 9.64 Å². The van der Waals surface area contributed by atoms with Crippen LogP contribution in [0.3, 0.4) is 0 Å². The van der Waals surface area contributed by atoms with E-state index in [0.29, 0.717) is 24.5 Å². The Bertz CT molecular complexity index is 496. The maximum Gasteiger partial charge on any atom is 0.292 e. The molecule has 0 bridgehead atoms. The molecule has 0 saturated carbocycles. The number of nitriles is 1. The third-order valence-electron chi connectivity index (χ3n) is 2.82. The lowest BCUT2D eigenvalue weighted by Gasteiger charge is -2.24. The van der Waals surface area contributed by atoms with E-state index in [4.69, 9.17) is 10.00 Å². The van der Waals surface area contributed by atoms with Gasteiger partial charge >= 0.3 is 0 Å². The van der Waals surface area contributed by atoms with Crippen LogP contribution >= 0.6 is 0 Å². The van der Waals surface area contributed by atoms with Gasteiger partial charge in [-0.15, -0.1) is 0 Å². The average molecular weight is 263 g/mol. The summed E-state index contributed by atoms with van der Waals surface area (Å²) in [6.07, 6.45) is 0. The first-order chi connectivity index (χ1) is 9.03. The maximum atomic E-state index is 11.1. The third-order valence-corrected chi connectivity index (χ3v) is 2.82. The van der Waals surface area contributed by atoms with Gasteiger partial charge in [-0.2, -0.15) is 5.26 Å². The number of benzene rings is 1. The first-order valence-electron chi connectivity index (χ1n) is 6.00. The van der Waals surface area contributed by atoms with Crippen molar-refractivity contribution in [3.8, 4) is 11.8 Å². The topological polar surface area (TPSA) is 79.4 Å². The van der Waals surface area contributed by atoms with Gasteiger partial charge in [0, 0.05) is 25.2 Å². The van der Waals surface area contributed by atoms with Crippen LogP contribution in [0.25, 0.3) is 0 Å². The summed E-state index contributed by atoms with van der Waals surface area (Å²) in [7, 11) is 1.51. The predicted molar refractivity (Wildman–Crippen MR) is 72.3 cm³/mol. The minimum Gasteiger partial charge on any atom is -0.497 e. The number of hydrogen-bond donors (Lipinski definition) is 0. The van der Waals surface area contributed by atoms with E-state index in [1.807, 2.05) is 11.8 Å². The van der Waals surface area contributed by atoms with Crippen molar-refractivity contribution < 1.29 is 9.66 Å². The van der Waals surface area contributed by atoms with E-state index in [-0.39, 0.29) is 11.6 Å². The van der Waals surface area contributed by atoms with Crippen LogP contribution in [0.4, 0.5) is 11.4 Å². The zero-order valence-corrected chi connectivity index (χ0v) is 11.3.